The lowest BCUT2D eigenvalue weighted by Crippen LogP contribution is -2.20. The second-order valence-electron chi connectivity index (χ2n) is 8.09. The van der Waals surface area contributed by atoms with Gasteiger partial charge in [-0.3, -0.25) is 4.79 Å². The van der Waals surface area contributed by atoms with Crippen LogP contribution in [0.25, 0.3) is 0 Å². The summed E-state index contributed by atoms with van der Waals surface area (Å²) in [5.41, 5.74) is 1.23. The summed E-state index contributed by atoms with van der Waals surface area (Å²) in [4.78, 5) is 12.0. The summed E-state index contributed by atoms with van der Waals surface area (Å²) in [7, 11) is -4.53. The summed E-state index contributed by atoms with van der Waals surface area (Å²) < 4.78 is 76.5. The number of halogens is 3. The maximum Gasteiger partial charge on any atom is 0.416 e. The number of benzene rings is 4. The van der Waals surface area contributed by atoms with Gasteiger partial charge in [-0.25, -0.2) is 5.43 Å². The van der Waals surface area contributed by atoms with Crippen molar-refractivity contribution in [1.82, 2.24) is 5.43 Å². The molecule has 1 N–H and O–H groups in total. The Morgan fingerprint density at radius 2 is 1.46 bits per heavy atom. The lowest BCUT2D eigenvalue weighted by Gasteiger charge is -2.12. The Labute approximate surface area is 222 Å². The summed E-state index contributed by atoms with van der Waals surface area (Å²) in [5, 5.41) is 3.70. The molecule has 200 valence electrons. The van der Waals surface area contributed by atoms with Gasteiger partial charge in [-0.15, -0.1) is 0 Å². The summed E-state index contributed by atoms with van der Waals surface area (Å²) in [5.74, 6) is 0.379. The number of hydrazone groups is 1. The molecule has 1 amide bonds. The fraction of sp³-hybridized carbons (Fsp3) is 0.0714. The van der Waals surface area contributed by atoms with E-state index in [2.05, 4.69) is 10.5 Å². The summed E-state index contributed by atoms with van der Waals surface area (Å²) in [6, 6.07) is 25.3. The largest absolute Gasteiger partial charge is 0.457 e. The number of hydrogen-bond donors (Lipinski definition) is 1. The van der Waals surface area contributed by atoms with E-state index in [1.54, 1.807) is 66.7 Å². The third-order valence-corrected chi connectivity index (χ3v) is 6.57. The third kappa shape index (κ3) is 7.45. The highest BCUT2D eigenvalue weighted by Crippen LogP contribution is 2.32. The Bertz CT molecular complexity index is 1580. The SMILES string of the molecule is O=C(Cc1ccccc1Oc1ccccc1)NN=Cc1cc(C(F)(F)F)ccc1S(=O)(=O)Oc1ccccc1. The number of para-hydroxylation sites is 3. The summed E-state index contributed by atoms with van der Waals surface area (Å²) >= 11 is 0. The van der Waals surface area contributed by atoms with E-state index in [9.17, 15) is 26.4 Å². The van der Waals surface area contributed by atoms with Crippen LogP contribution in [0, 0.1) is 0 Å². The van der Waals surface area contributed by atoms with E-state index in [-0.39, 0.29) is 12.2 Å². The number of nitrogens with zero attached hydrogens (tertiary/aromatic N) is 1. The van der Waals surface area contributed by atoms with Gasteiger partial charge >= 0.3 is 16.3 Å². The smallest absolute Gasteiger partial charge is 0.416 e. The Hall–Kier alpha value is -4.64. The molecule has 0 spiro atoms. The van der Waals surface area contributed by atoms with Gasteiger partial charge in [0.1, 0.15) is 22.1 Å². The fourth-order valence-electron chi connectivity index (χ4n) is 3.45. The van der Waals surface area contributed by atoms with E-state index in [0.717, 1.165) is 12.3 Å². The van der Waals surface area contributed by atoms with Gasteiger partial charge < -0.3 is 8.92 Å². The number of nitrogens with one attached hydrogen (secondary N) is 1. The van der Waals surface area contributed by atoms with E-state index < -0.39 is 38.2 Å². The number of alkyl halides is 3. The van der Waals surface area contributed by atoms with Crippen molar-refractivity contribution in [2.45, 2.75) is 17.5 Å². The Morgan fingerprint density at radius 1 is 0.846 bits per heavy atom. The quantitative estimate of drug-likeness (QED) is 0.157. The van der Waals surface area contributed by atoms with Crippen molar-refractivity contribution in [2.75, 3.05) is 0 Å². The van der Waals surface area contributed by atoms with Crippen LogP contribution in [0.4, 0.5) is 13.2 Å². The van der Waals surface area contributed by atoms with Gasteiger partial charge in [0, 0.05) is 11.1 Å². The molecule has 0 unspecified atom stereocenters. The van der Waals surface area contributed by atoms with Crippen molar-refractivity contribution in [1.29, 1.82) is 0 Å². The van der Waals surface area contributed by atoms with Crippen LogP contribution in [-0.4, -0.2) is 20.5 Å². The number of carbonyl (C=O) groups is 1. The van der Waals surface area contributed by atoms with Gasteiger partial charge in [0.2, 0.25) is 5.91 Å². The number of amides is 1. The predicted molar refractivity (Wildman–Crippen MR) is 138 cm³/mol. The minimum atomic E-state index is -4.74. The van der Waals surface area contributed by atoms with Gasteiger partial charge in [-0.2, -0.15) is 26.7 Å². The molecule has 7 nitrogen and oxygen atoms in total. The van der Waals surface area contributed by atoms with E-state index >= 15 is 0 Å². The van der Waals surface area contributed by atoms with Crippen LogP contribution in [-0.2, 0) is 27.5 Å². The Morgan fingerprint density at radius 3 is 2.13 bits per heavy atom. The number of carbonyl (C=O) groups excluding carboxylic acids is 1. The van der Waals surface area contributed by atoms with E-state index in [4.69, 9.17) is 8.92 Å². The molecule has 0 saturated heterocycles. The Balaban J connectivity index is 1.53. The van der Waals surface area contributed by atoms with Gasteiger partial charge in [-0.05, 0) is 48.5 Å². The fourth-order valence-corrected chi connectivity index (χ4v) is 4.54. The molecule has 0 atom stereocenters. The van der Waals surface area contributed by atoms with Crippen molar-refractivity contribution in [2.24, 2.45) is 5.10 Å². The van der Waals surface area contributed by atoms with Crippen LogP contribution in [0.1, 0.15) is 16.7 Å². The van der Waals surface area contributed by atoms with E-state index in [0.29, 0.717) is 29.2 Å². The topological polar surface area (TPSA) is 94.1 Å². The predicted octanol–water partition coefficient (Wildman–Crippen LogP) is 5.96. The molecule has 0 radical (unpaired) electrons. The molecular weight excluding hydrogens is 533 g/mol. The second-order valence-corrected chi connectivity index (χ2v) is 9.61. The maximum absolute atomic E-state index is 13.3. The minimum Gasteiger partial charge on any atom is -0.457 e. The maximum atomic E-state index is 13.3. The van der Waals surface area contributed by atoms with Crippen molar-refractivity contribution in [3.8, 4) is 17.2 Å². The van der Waals surface area contributed by atoms with E-state index in [1.807, 2.05) is 6.07 Å². The molecule has 39 heavy (non-hydrogen) atoms. The molecular formula is C28H21F3N2O5S. The van der Waals surface area contributed by atoms with Crippen LogP contribution in [0.15, 0.2) is 113 Å². The minimum absolute atomic E-state index is 0.0232. The first-order chi connectivity index (χ1) is 18.6. The van der Waals surface area contributed by atoms with Crippen LogP contribution in [0.2, 0.25) is 0 Å². The Kier molecular flexibility index (Phi) is 8.30. The number of hydrogen-bond acceptors (Lipinski definition) is 6. The molecule has 4 aromatic rings. The normalized spacial score (nSPS) is 11.8. The van der Waals surface area contributed by atoms with Crippen LogP contribution in [0.5, 0.6) is 17.2 Å². The van der Waals surface area contributed by atoms with Crippen molar-refractivity contribution in [3.63, 3.8) is 0 Å². The van der Waals surface area contributed by atoms with Gasteiger partial charge in [-0.1, -0.05) is 54.6 Å². The zero-order chi connectivity index (χ0) is 27.9. The molecule has 11 heteroatoms. The van der Waals surface area contributed by atoms with Crippen molar-refractivity contribution >= 4 is 22.2 Å². The highest BCUT2D eigenvalue weighted by atomic mass is 32.2. The highest BCUT2D eigenvalue weighted by molar-refractivity contribution is 7.87. The highest BCUT2D eigenvalue weighted by Gasteiger charge is 2.32. The molecule has 0 saturated carbocycles. The lowest BCUT2D eigenvalue weighted by atomic mass is 10.1. The second kappa shape index (κ2) is 11.8. The van der Waals surface area contributed by atoms with Gasteiger partial charge in [0.25, 0.3) is 0 Å². The zero-order valence-electron chi connectivity index (χ0n) is 20.1. The first-order valence-corrected chi connectivity index (χ1v) is 12.9. The van der Waals surface area contributed by atoms with Crippen LogP contribution < -0.4 is 14.3 Å². The molecule has 0 aliphatic carbocycles. The lowest BCUT2D eigenvalue weighted by molar-refractivity contribution is -0.137. The third-order valence-electron chi connectivity index (χ3n) is 5.24. The van der Waals surface area contributed by atoms with Crippen LogP contribution >= 0.6 is 0 Å². The average Bonchev–Trinajstić information content (AvgIpc) is 2.90. The number of ether oxygens (including phenoxy) is 1. The standard InChI is InChI=1S/C28H21F3N2O5S/c29-28(30,31)22-15-16-26(39(35,36)38-24-12-5-2-6-13-24)21(17-22)19-32-33-27(34)18-20-9-7-8-14-25(20)37-23-10-3-1-4-11-23/h1-17,19H,18H2,(H,33,34). The van der Waals surface area contributed by atoms with E-state index in [1.165, 1.54) is 12.1 Å². The molecule has 0 aliphatic heterocycles. The first-order valence-electron chi connectivity index (χ1n) is 11.5. The first kappa shape index (κ1) is 27.4. The molecule has 0 aliphatic rings. The monoisotopic (exact) mass is 554 g/mol. The van der Waals surface area contributed by atoms with Gasteiger partial charge in [0.05, 0.1) is 18.2 Å². The summed E-state index contributed by atoms with van der Waals surface area (Å²) in [6.07, 6.45) is -4.08. The molecule has 4 aromatic carbocycles. The molecule has 0 fully saturated rings. The molecule has 0 heterocycles. The van der Waals surface area contributed by atoms with Crippen molar-refractivity contribution < 1.29 is 35.3 Å². The molecule has 4 rings (SSSR count). The summed E-state index contributed by atoms with van der Waals surface area (Å²) in [6.45, 7) is 0. The van der Waals surface area contributed by atoms with Crippen molar-refractivity contribution in [3.05, 3.63) is 120 Å². The van der Waals surface area contributed by atoms with Crippen LogP contribution in [0.3, 0.4) is 0 Å². The zero-order valence-corrected chi connectivity index (χ0v) is 20.9. The molecule has 0 aromatic heterocycles. The average molecular weight is 555 g/mol. The number of rotatable bonds is 9. The van der Waals surface area contributed by atoms with Gasteiger partial charge in [0.15, 0.2) is 0 Å². The molecule has 0 bridgehead atoms.